The molecule has 4 N–H and O–H groups in total. The van der Waals surface area contributed by atoms with E-state index in [-0.39, 0.29) is 35.2 Å². The maximum Gasteiger partial charge on any atom is 0.348 e. The quantitative estimate of drug-likeness (QED) is 0.363. The van der Waals surface area contributed by atoms with Crippen molar-refractivity contribution in [2.75, 3.05) is 6.54 Å². The number of hydrogen-bond acceptors (Lipinski definition) is 5. The third-order valence-electron chi connectivity index (χ3n) is 4.49. The molecule has 0 amide bonds. The van der Waals surface area contributed by atoms with E-state index in [9.17, 15) is 18.6 Å². The molecule has 0 spiro atoms. The second-order valence-corrected chi connectivity index (χ2v) is 9.42. The molecule has 0 saturated heterocycles. The highest BCUT2D eigenvalue weighted by molar-refractivity contribution is 7.86. The van der Waals surface area contributed by atoms with Crippen molar-refractivity contribution in [2.24, 2.45) is 11.8 Å². The third kappa shape index (κ3) is 4.43. The van der Waals surface area contributed by atoms with Crippen LogP contribution in [0.25, 0.3) is 0 Å². The average Bonchev–Trinajstić information content (AvgIpc) is 2.59. The predicted octanol–water partition coefficient (Wildman–Crippen LogP) is 3.29. The Morgan fingerprint density at radius 2 is 1.70 bits per heavy atom. The van der Waals surface area contributed by atoms with Gasteiger partial charge >= 0.3 is 10.0 Å². The molecule has 0 aliphatic heterocycles. The maximum atomic E-state index is 13.4. The number of phenolic OH excluding ortho intramolecular Hbond substituents is 2. The Bertz CT molecular complexity index is 882. The third-order valence-corrected chi connectivity index (χ3v) is 6.64. The van der Waals surface area contributed by atoms with Crippen LogP contribution in [0.4, 0.5) is 0 Å². The minimum absolute atomic E-state index is 0.0802. The number of quaternary nitrogens is 1. The van der Waals surface area contributed by atoms with Gasteiger partial charge < -0.3 is 10.2 Å². The summed E-state index contributed by atoms with van der Waals surface area (Å²) in [6.07, 6.45) is 0.915. The van der Waals surface area contributed by atoms with Gasteiger partial charge in [0.15, 0.2) is 4.90 Å². The fraction of sp³-hybridized carbons (Fsp3) is 0.400. The summed E-state index contributed by atoms with van der Waals surface area (Å²) in [5.41, 5.74) is 1.02. The molecule has 2 aromatic rings. The second-order valence-electron chi connectivity index (χ2n) is 7.30. The van der Waals surface area contributed by atoms with Gasteiger partial charge in [0.1, 0.15) is 24.6 Å². The molecule has 27 heavy (non-hydrogen) atoms. The first-order valence-electron chi connectivity index (χ1n) is 9.11. The van der Waals surface area contributed by atoms with Crippen LogP contribution in [-0.4, -0.2) is 29.2 Å². The van der Waals surface area contributed by atoms with Gasteiger partial charge in [-0.25, -0.2) is 0 Å². The van der Waals surface area contributed by atoms with Crippen LogP contribution in [0.15, 0.2) is 47.4 Å². The van der Waals surface area contributed by atoms with Crippen molar-refractivity contribution < 1.29 is 22.6 Å². The fourth-order valence-corrected chi connectivity index (χ4v) is 4.91. The monoisotopic (exact) mass is 393 g/mol. The molecular formula is C20H29N2O4S+. The molecule has 6 nitrogen and oxygen atoms in total. The lowest BCUT2D eigenvalue weighted by molar-refractivity contribution is -0.832. The Morgan fingerprint density at radius 3 is 2.26 bits per heavy atom. The van der Waals surface area contributed by atoms with Crippen molar-refractivity contribution in [1.29, 1.82) is 0 Å². The van der Waals surface area contributed by atoms with Crippen LogP contribution in [0.3, 0.4) is 0 Å². The zero-order valence-electron chi connectivity index (χ0n) is 16.1. The Balaban J connectivity index is 2.56. The van der Waals surface area contributed by atoms with Crippen LogP contribution in [0, 0.1) is 5.92 Å². The number of sulfonamides is 1. The van der Waals surface area contributed by atoms with E-state index in [4.69, 9.17) is 5.84 Å². The predicted molar refractivity (Wildman–Crippen MR) is 105 cm³/mol. The smallest absolute Gasteiger partial charge is 0.348 e. The zero-order chi connectivity index (χ0) is 20.2. The van der Waals surface area contributed by atoms with E-state index in [2.05, 4.69) is 0 Å². The highest BCUT2D eigenvalue weighted by Gasteiger charge is 2.42. The lowest BCUT2D eigenvalue weighted by atomic mass is 10.0. The van der Waals surface area contributed by atoms with Gasteiger partial charge in [-0.05, 0) is 30.9 Å². The molecule has 2 rings (SSSR count). The summed E-state index contributed by atoms with van der Waals surface area (Å²) in [5, 5.41) is 20.7. The van der Waals surface area contributed by atoms with Crippen molar-refractivity contribution in [3.63, 3.8) is 0 Å². The van der Waals surface area contributed by atoms with E-state index < -0.39 is 19.8 Å². The Labute approximate surface area is 161 Å². The molecule has 1 atom stereocenters. The van der Waals surface area contributed by atoms with Crippen molar-refractivity contribution in [3.8, 4) is 11.5 Å². The van der Waals surface area contributed by atoms with Gasteiger partial charge in [0.05, 0.1) is 0 Å². The highest BCUT2D eigenvalue weighted by Crippen LogP contribution is 2.38. The molecule has 0 aliphatic carbocycles. The van der Waals surface area contributed by atoms with Gasteiger partial charge in [0, 0.05) is 11.1 Å². The molecule has 0 aromatic heterocycles. The van der Waals surface area contributed by atoms with Gasteiger partial charge in [-0.1, -0.05) is 51.1 Å². The van der Waals surface area contributed by atoms with Crippen molar-refractivity contribution >= 4 is 10.0 Å². The summed E-state index contributed by atoms with van der Waals surface area (Å²) in [4.78, 5) is -0.247. The highest BCUT2D eigenvalue weighted by atomic mass is 32.2. The molecule has 0 saturated carbocycles. The summed E-state index contributed by atoms with van der Waals surface area (Å²) >= 11 is 0. The van der Waals surface area contributed by atoms with E-state index in [1.807, 2.05) is 51.1 Å². The van der Waals surface area contributed by atoms with Gasteiger partial charge in [0.2, 0.25) is 0 Å². The standard InChI is InChI=1S/C20H28N2O4S/c1-4-12-22(21,14-16-8-6-5-7-9-16)27(25,26)19-11-10-18(23)17(20(19)24)13-15(2)3/h5-11,15H,4,12-14,21H2,1-3H3,(H-,23,24)/p+1. The second kappa shape index (κ2) is 8.29. The molecular weight excluding hydrogens is 364 g/mol. The topological polar surface area (TPSA) is 101 Å². The average molecular weight is 394 g/mol. The van der Waals surface area contributed by atoms with Crippen molar-refractivity contribution in [1.82, 2.24) is 0 Å². The van der Waals surface area contributed by atoms with Crippen LogP contribution >= 0.6 is 0 Å². The van der Waals surface area contributed by atoms with Crippen LogP contribution in [0.1, 0.15) is 38.3 Å². The molecule has 0 heterocycles. The number of nitrogens with two attached hydrogens (primary N) is 1. The van der Waals surface area contributed by atoms with Crippen LogP contribution in [0.5, 0.6) is 11.5 Å². The Morgan fingerprint density at radius 1 is 1.07 bits per heavy atom. The summed E-state index contributed by atoms with van der Waals surface area (Å²) in [6.45, 7) is 5.99. The van der Waals surface area contributed by atoms with Crippen LogP contribution < -0.4 is 5.84 Å². The van der Waals surface area contributed by atoms with Gasteiger partial charge in [-0.2, -0.15) is 14.3 Å². The van der Waals surface area contributed by atoms with E-state index in [0.29, 0.717) is 12.8 Å². The molecule has 7 heteroatoms. The van der Waals surface area contributed by atoms with Crippen molar-refractivity contribution in [3.05, 3.63) is 53.6 Å². The lowest BCUT2D eigenvalue weighted by Crippen LogP contribution is -2.58. The molecule has 148 valence electrons. The maximum absolute atomic E-state index is 13.4. The Kier molecular flexibility index (Phi) is 6.51. The summed E-state index contributed by atoms with van der Waals surface area (Å²) in [7, 11) is -4.11. The minimum Gasteiger partial charge on any atom is -0.508 e. The largest absolute Gasteiger partial charge is 0.508 e. The molecule has 0 fully saturated rings. The normalized spacial score (nSPS) is 14.3. The SMILES string of the molecule is CCC[N+](N)(Cc1ccccc1)S(=O)(=O)c1ccc(O)c(CC(C)C)c1O. The molecule has 2 aromatic carbocycles. The zero-order valence-corrected chi connectivity index (χ0v) is 16.9. The number of aromatic hydroxyl groups is 2. The van der Waals surface area contributed by atoms with Gasteiger partial charge in [-0.15, -0.1) is 4.00 Å². The minimum atomic E-state index is -4.11. The van der Waals surface area contributed by atoms with Crippen LogP contribution in [-0.2, 0) is 23.0 Å². The summed E-state index contributed by atoms with van der Waals surface area (Å²) in [6, 6.07) is 11.7. The van der Waals surface area contributed by atoms with E-state index in [1.165, 1.54) is 12.1 Å². The Hall–Kier alpha value is -2.09. The van der Waals surface area contributed by atoms with Gasteiger partial charge in [-0.3, -0.25) is 0 Å². The van der Waals surface area contributed by atoms with Crippen LogP contribution in [0.2, 0.25) is 0 Å². The van der Waals surface area contributed by atoms with E-state index in [0.717, 1.165) is 5.56 Å². The summed E-state index contributed by atoms with van der Waals surface area (Å²) < 4.78 is 26.1. The van der Waals surface area contributed by atoms with E-state index >= 15 is 0 Å². The lowest BCUT2D eigenvalue weighted by Gasteiger charge is -2.31. The first kappa shape index (κ1) is 21.2. The fourth-order valence-electron chi connectivity index (χ4n) is 3.17. The molecule has 0 bridgehead atoms. The number of nitrogens with zero attached hydrogens (tertiary/aromatic N) is 1. The molecule has 1 unspecified atom stereocenters. The van der Waals surface area contributed by atoms with Crippen molar-refractivity contribution in [2.45, 2.75) is 45.1 Å². The number of hydrogen-bond donors (Lipinski definition) is 3. The number of phenols is 2. The molecule has 0 radical (unpaired) electrons. The van der Waals surface area contributed by atoms with E-state index in [1.54, 1.807) is 0 Å². The molecule has 0 aliphatic rings. The number of benzene rings is 2. The van der Waals surface area contributed by atoms with Gasteiger partial charge in [0.25, 0.3) is 0 Å². The summed E-state index contributed by atoms with van der Waals surface area (Å²) in [5.74, 6) is 5.99. The number of rotatable bonds is 8. The first-order valence-corrected chi connectivity index (χ1v) is 10.5. The first-order chi connectivity index (χ1) is 12.6.